The van der Waals surface area contributed by atoms with E-state index in [1.54, 1.807) is 11.0 Å². The summed E-state index contributed by atoms with van der Waals surface area (Å²) >= 11 is 6.21. The van der Waals surface area contributed by atoms with Gasteiger partial charge in [0.05, 0.1) is 0 Å². The zero-order chi connectivity index (χ0) is 25.4. The van der Waals surface area contributed by atoms with Crippen LogP contribution < -0.4 is 10.1 Å². The lowest BCUT2D eigenvalue weighted by Gasteiger charge is -2.32. The monoisotopic (exact) mass is 492 g/mol. The number of carbonyl (C=O) groups excluding carboxylic acids is 2. The summed E-state index contributed by atoms with van der Waals surface area (Å²) < 4.78 is 5.88. The minimum absolute atomic E-state index is 0.0598. The maximum absolute atomic E-state index is 13.6. The third-order valence-electron chi connectivity index (χ3n) is 5.50. The predicted molar refractivity (Wildman–Crippen MR) is 141 cm³/mol. The number of hydrogen-bond acceptors (Lipinski definition) is 3. The number of carbonyl (C=O) groups is 2. The average molecular weight is 493 g/mol. The molecule has 0 aliphatic heterocycles. The van der Waals surface area contributed by atoms with E-state index in [0.717, 1.165) is 22.3 Å². The molecular weight excluding hydrogens is 460 g/mol. The Bertz CT molecular complexity index is 1130. The van der Waals surface area contributed by atoms with Crippen molar-refractivity contribution < 1.29 is 14.3 Å². The van der Waals surface area contributed by atoms with Crippen molar-refractivity contribution in [1.82, 2.24) is 10.2 Å². The van der Waals surface area contributed by atoms with E-state index in [1.165, 1.54) is 0 Å². The van der Waals surface area contributed by atoms with Crippen molar-refractivity contribution in [1.29, 1.82) is 0 Å². The number of rotatable bonds is 10. The van der Waals surface area contributed by atoms with Crippen LogP contribution >= 0.6 is 11.6 Å². The minimum atomic E-state index is -0.714. The van der Waals surface area contributed by atoms with Crippen molar-refractivity contribution >= 4 is 23.4 Å². The lowest BCUT2D eigenvalue weighted by atomic mass is 10.0. The van der Waals surface area contributed by atoms with Crippen LogP contribution in [0.5, 0.6) is 5.75 Å². The topological polar surface area (TPSA) is 58.6 Å². The maximum atomic E-state index is 13.6. The molecular formula is C29H33ClN2O3. The first-order valence-corrected chi connectivity index (χ1v) is 12.2. The van der Waals surface area contributed by atoms with Crippen LogP contribution in [0.3, 0.4) is 0 Å². The van der Waals surface area contributed by atoms with Crippen LogP contribution in [0.1, 0.15) is 36.1 Å². The Morgan fingerprint density at radius 2 is 1.57 bits per heavy atom. The molecule has 5 nitrogen and oxygen atoms in total. The molecule has 2 amide bonds. The summed E-state index contributed by atoms with van der Waals surface area (Å²) in [7, 11) is 0. The minimum Gasteiger partial charge on any atom is -0.484 e. The predicted octanol–water partition coefficient (Wildman–Crippen LogP) is 5.50. The highest BCUT2D eigenvalue weighted by Crippen LogP contribution is 2.20. The second-order valence-electron chi connectivity index (χ2n) is 9.13. The molecule has 6 heteroatoms. The summed E-state index contributed by atoms with van der Waals surface area (Å²) in [6.45, 7) is 7.84. The Morgan fingerprint density at radius 3 is 2.20 bits per heavy atom. The number of hydrogen-bond donors (Lipinski definition) is 1. The normalized spacial score (nSPS) is 11.7. The summed E-state index contributed by atoms with van der Waals surface area (Å²) in [6, 6.07) is 22.1. The third-order valence-corrected chi connectivity index (χ3v) is 5.74. The number of nitrogens with one attached hydrogen (secondary N) is 1. The van der Waals surface area contributed by atoms with E-state index in [2.05, 4.69) is 5.32 Å². The summed E-state index contributed by atoms with van der Waals surface area (Å²) in [5.41, 5.74) is 3.92. The van der Waals surface area contributed by atoms with Gasteiger partial charge in [-0.25, -0.2) is 0 Å². The molecule has 184 valence electrons. The maximum Gasteiger partial charge on any atom is 0.261 e. The molecule has 0 unspecified atom stereocenters. The van der Waals surface area contributed by atoms with Crippen LogP contribution in [-0.4, -0.2) is 35.4 Å². The van der Waals surface area contributed by atoms with E-state index < -0.39 is 6.04 Å². The lowest BCUT2D eigenvalue weighted by molar-refractivity contribution is -0.143. The number of amides is 2. The van der Waals surface area contributed by atoms with Crippen molar-refractivity contribution in [2.45, 2.75) is 52.7 Å². The molecule has 0 saturated carbocycles. The Morgan fingerprint density at radius 1 is 0.914 bits per heavy atom. The lowest BCUT2D eigenvalue weighted by Crippen LogP contribution is -2.52. The molecule has 0 saturated heterocycles. The highest BCUT2D eigenvalue weighted by Gasteiger charge is 2.31. The Labute approximate surface area is 213 Å². The van der Waals surface area contributed by atoms with Crippen LogP contribution in [0.2, 0.25) is 5.02 Å². The van der Waals surface area contributed by atoms with Gasteiger partial charge in [0.2, 0.25) is 5.91 Å². The van der Waals surface area contributed by atoms with E-state index in [-0.39, 0.29) is 31.0 Å². The van der Waals surface area contributed by atoms with E-state index in [1.807, 2.05) is 94.4 Å². The molecule has 3 rings (SSSR count). The van der Waals surface area contributed by atoms with Gasteiger partial charge in [-0.15, -0.1) is 0 Å². The van der Waals surface area contributed by atoms with E-state index in [9.17, 15) is 9.59 Å². The van der Waals surface area contributed by atoms with Crippen LogP contribution in [0.15, 0.2) is 72.8 Å². The summed E-state index contributed by atoms with van der Waals surface area (Å²) in [6.07, 6.45) is 0.384. The Balaban J connectivity index is 1.92. The summed E-state index contributed by atoms with van der Waals surface area (Å²) in [5, 5.41) is 3.56. The standard InChI is InChI=1S/C29H33ClN2O3/c1-20(2)31-29(34)27(17-23-9-6-5-7-10-23)32(18-24-11-8-12-25(30)16-24)28(33)19-35-26-14-21(3)13-22(4)15-26/h5-16,20,27H,17-19H2,1-4H3,(H,31,34)/t27-/m1/s1. The molecule has 0 radical (unpaired) electrons. The van der Waals surface area contributed by atoms with Crippen molar-refractivity contribution in [2.75, 3.05) is 6.61 Å². The smallest absolute Gasteiger partial charge is 0.261 e. The molecule has 0 bridgehead atoms. The molecule has 0 heterocycles. The SMILES string of the molecule is Cc1cc(C)cc(OCC(=O)N(Cc2cccc(Cl)c2)[C@H](Cc2ccccc2)C(=O)NC(C)C)c1. The van der Waals surface area contributed by atoms with E-state index >= 15 is 0 Å². The van der Waals surface area contributed by atoms with Crippen LogP contribution in [0.25, 0.3) is 0 Å². The van der Waals surface area contributed by atoms with Crippen LogP contribution in [0, 0.1) is 13.8 Å². The van der Waals surface area contributed by atoms with Crippen molar-refractivity contribution in [3.63, 3.8) is 0 Å². The fourth-order valence-corrected chi connectivity index (χ4v) is 4.22. The molecule has 0 aromatic heterocycles. The van der Waals surface area contributed by atoms with E-state index in [0.29, 0.717) is 17.2 Å². The van der Waals surface area contributed by atoms with Gasteiger partial charge in [0.15, 0.2) is 6.61 Å². The largest absolute Gasteiger partial charge is 0.484 e. The summed E-state index contributed by atoms with van der Waals surface area (Å²) in [5.74, 6) is 0.152. The quantitative estimate of drug-likeness (QED) is 0.406. The van der Waals surface area contributed by atoms with Crippen LogP contribution in [0.4, 0.5) is 0 Å². The van der Waals surface area contributed by atoms with E-state index in [4.69, 9.17) is 16.3 Å². The first-order chi connectivity index (χ1) is 16.7. The molecule has 35 heavy (non-hydrogen) atoms. The van der Waals surface area contributed by atoms with Gasteiger partial charge < -0.3 is 15.0 Å². The number of aryl methyl sites for hydroxylation is 2. The molecule has 1 N–H and O–H groups in total. The van der Waals surface area contributed by atoms with Crippen molar-refractivity contribution in [3.8, 4) is 5.75 Å². The first-order valence-electron chi connectivity index (χ1n) is 11.8. The Kier molecular flexibility index (Phi) is 9.32. The number of nitrogens with zero attached hydrogens (tertiary/aromatic N) is 1. The molecule has 3 aromatic rings. The summed E-state index contributed by atoms with van der Waals surface area (Å²) in [4.78, 5) is 28.5. The second-order valence-corrected chi connectivity index (χ2v) is 9.57. The fraction of sp³-hybridized carbons (Fsp3) is 0.310. The number of halogens is 1. The van der Waals surface area contributed by atoms with Gasteiger partial charge in [-0.05, 0) is 74.2 Å². The zero-order valence-electron chi connectivity index (χ0n) is 20.8. The van der Waals surface area contributed by atoms with Crippen LogP contribution in [-0.2, 0) is 22.6 Å². The van der Waals surface area contributed by atoms with Gasteiger partial charge in [-0.2, -0.15) is 0 Å². The number of benzene rings is 3. The van der Waals surface area contributed by atoms with Gasteiger partial charge in [0.25, 0.3) is 5.91 Å². The number of ether oxygens (including phenoxy) is 1. The molecule has 1 atom stereocenters. The van der Waals surface area contributed by atoms with Gasteiger partial charge in [0.1, 0.15) is 11.8 Å². The molecule has 0 fully saturated rings. The fourth-order valence-electron chi connectivity index (χ4n) is 4.01. The first kappa shape index (κ1) is 26.3. The Hall–Kier alpha value is -3.31. The zero-order valence-corrected chi connectivity index (χ0v) is 21.5. The van der Waals surface area contributed by atoms with Gasteiger partial charge >= 0.3 is 0 Å². The van der Waals surface area contributed by atoms with Gasteiger partial charge in [-0.3, -0.25) is 9.59 Å². The molecule has 0 aliphatic carbocycles. The highest BCUT2D eigenvalue weighted by molar-refractivity contribution is 6.30. The highest BCUT2D eigenvalue weighted by atomic mass is 35.5. The van der Waals surface area contributed by atoms with Gasteiger partial charge in [-0.1, -0.05) is 60.1 Å². The molecule has 3 aromatic carbocycles. The molecule has 0 aliphatic rings. The van der Waals surface area contributed by atoms with Gasteiger partial charge in [0, 0.05) is 24.0 Å². The third kappa shape index (κ3) is 8.15. The van der Waals surface area contributed by atoms with Crippen molar-refractivity contribution in [3.05, 3.63) is 100 Å². The average Bonchev–Trinajstić information content (AvgIpc) is 2.79. The molecule has 0 spiro atoms. The van der Waals surface area contributed by atoms with Crippen molar-refractivity contribution in [2.24, 2.45) is 0 Å². The second kappa shape index (κ2) is 12.4.